The van der Waals surface area contributed by atoms with E-state index in [4.69, 9.17) is 25.2 Å². The number of rotatable bonds is 9. The first-order valence-corrected chi connectivity index (χ1v) is 5.69. The maximum atomic E-state index is 9.21. The lowest BCUT2D eigenvalue weighted by atomic mass is 10.2. The maximum Gasteiger partial charge on any atom is 0.105 e. The molecule has 15 heavy (non-hydrogen) atoms. The second-order valence-electron chi connectivity index (χ2n) is 2.96. The molecule has 0 radical (unpaired) electrons. The van der Waals surface area contributed by atoms with Crippen LogP contribution in [0.4, 0.5) is 0 Å². The van der Waals surface area contributed by atoms with Crippen LogP contribution in [0.1, 0.15) is 0 Å². The molecule has 0 amide bonds. The molecule has 0 rings (SSSR count). The highest BCUT2D eigenvalue weighted by atomic mass is 32.2. The fraction of sp³-hybridized carbons (Fsp3) is 1.00. The van der Waals surface area contributed by atoms with Crippen molar-refractivity contribution in [2.45, 2.75) is 18.3 Å². The van der Waals surface area contributed by atoms with Gasteiger partial charge in [-0.2, -0.15) is 0 Å². The molecule has 0 saturated carbocycles. The van der Waals surface area contributed by atoms with Gasteiger partial charge in [-0.1, -0.05) is 0 Å². The summed E-state index contributed by atoms with van der Waals surface area (Å²) in [5.74, 6) is 0.409. The Bertz CT molecular complexity index is 143. The van der Waals surface area contributed by atoms with Gasteiger partial charge < -0.3 is 30.3 Å². The fourth-order valence-corrected chi connectivity index (χ4v) is 1.56. The van der Waals surface area contributed by atoms with Crippen LogP contribution in [0, 0.1) is 0 Å². The zero-order valence-corrected chi connectivity index (χ0v) is 9.14. The molecule has 0 aromatic rings. The van der Waals surface area contributed by atoms with Gasteiger partial charge in [0.2, 0.25) is 0 Å². The lowest BCUT2D eigenvalue weighted by Crippen LogP contribution is -2.31. The number of aliphatic hydroxyl groups excluding tert-OH is 5. The van der Waals surface area contributed by atoms with E-state index in [9.17, 15) is 5.11 Å². The quantitative estimate of drug-likeness (QED) is 0.230. The normalized spacial score (nSPS) is 15.6. The highest BCUT2D eigenvalue weighted by Crippen LogP contribution is 2.07. The van der Waals surface area contributed by atoms with Crippen molar-refractivity contribution in [1.29, 1.82) is 0 Å². The molecule has 0 aliphatic heterocycles. The number of hydrogen-bond acceptors (Lipinski definition) is 7. The summed E-state index contributed by atoms with van der Waals surface area (Å²) in [6, 6.07) is 0. The van der Waals surface area contributed by atoms with Crippen LogP contribution < -0.4 is 0 Å². The molecule has 0 heterocycles. The van der Waals surface area contributed by atoms with Crippen LogP contribution in [0.25, 0.3) is 0 Å². The van der Waals surface area contributed by atoms with Gasteiger partial charge in [0.05, 0.1) is 31.9 Å². The predicted molar refractivity (Wildman–Crippen MR) is 55.5 cm³/mol. The minimum Gasteiger partial charge on any atom is -0.394 e. The van der Waals surface area contributed by atoms with Crippen molar-refractivity contribution in [3.05, 3.63) is 0 Å². The Kier molecular flexibility index (Phi) is 9.41. The molecule has 7 heteroatoms. The van der Waals surface area contributed by atoms with E-state index in [2.05, 4.69) is 0 Å². The van der Waals surface area contributed by atoms with Crippen molar-refractivity contribution < 1.29 is 30.3 Å². The van der Waals surface area contributed by atoms with Gasteiger partial charge in [-0.05, 0) is 0 Å². The second-order valence-corrected chi connectivity index (χ2v) is 3.94. The van der Waals surface area contributed by atoms with Crippen molar-refractivity contribution in [1.82, 2.24) is 0 Å². The van der Waals surface area contributed by atoms with Crippen molar-refractivity contribution in [3.63, 3.8) is 0 Å². The van der Waals surface area contributed by atoms with Gasteiger partial charge in [0.25, 0.3) is 0 Å². The summed E-state index contributed by atoms with van der Waals surface area (Å²) >= 11 is 1.20. The molecule has 0 aromatic carbocycles. The standard InChI is InChI=1S/C8H18O6S/c9-1-6(2-10)14-5-15-4-8(13)7(12)3-11/h6-13H,1-5H2. The van der Waals surface area contributed by atoms with E-state index in [1.807, 2.05) is 0 Å². The smallest absolute Gasteiger partial charge is 0.105 e. The number of ether oxygens (including phenoxy) is 1. The molecular formula is C8H18O6S. The molecule has 2 atom stereocenters. The number of aliphatic hydroxyl groups is 5. The molecule has 0 fully saturated rings. The predicted octanol–water partition coefficient (Wildman–Crippen LogP) is -2.24. The van der Waals surface area contributed by atoms with Crippen LogP contribution in [0.3, 0.4) is 0 Å². The summed E-state index contributed by atoms with van der Waals surface area (Å²) in [4.78, 5) is 0. The Labute approximate surface area is 92.5 Å². The Balaban J connectivity index is 3.45. The topological polar surface area (TPSA) is 110 Å². The molecule has 0 bridgehead atoms. The van der Waals surface area contributed by atoms with Crippen LogP contribution in [-0.2, 0) is 4.74 Å². The van der Waals surface area contributed by atoms with E-state index in [1.54, 1.807) is 0 Å². The van der Waals surface area contributed by atoms with Gasteiger partial charge in [-0.15, -0.1) is 11.8 Å². The number of hydrogen-bond donors (Lipinski definition) is 5. The molecule has 0 saturated heterocycles. The average Bonchev–Trinajstić information content (AvgIpc) is 2.27. The zero-order chi connectivity index (χ0) is 11.7. The van der Waals surface area contributed by atoms with Crippen LogP contribution in [0.15, 0.2) is 0 Å². The van der Waals surface area contributed by atoms with E-state index in [0.29, 0.717) is 0 Å². The van der Waals surface area contributed by atoms with Gasteiger partial charge in [-0.3, -0.25) is 0 Å². The minimum absolute atomic E-state index is 0.195. The van der Waals surface area contributed by atoms with Gasteiger partial charge in [0, 0.05) is 5.75 Å². The van der Waals surface area contributed by atoms with Crippen molar-refractivity contribution in [2.75, 3.05) is 31.5 Å². The van der Waals surface area contributed by atoms with Gasteiger partial charge >= 0.3 is 0 Å². The minimum atomic E-state index is -1.15. The van der Waals surface area contributed by atoms with Crippen LogP contribution in [-0.4, -0.2) is 75.4 Å². The Morgan fingerprint density at radius 1 is 0.933 bits per heavy atom. The third-order valence-corrected chi connectivity index (χ3v) is 2.59. The van der Waals surface area contributed by atoms with Crippen molar-refractivity contribution in [3.8, 4) is 0 Å². The summed E-state index contributed by atoms with van der Waals surface area (Å²) < 4.78 is 5.01. The van der Waals surface area contributed by atoms with Gasteiger partial charge in [0.15, 0.2) is 0 Å². The second kappa shape index (κ2) is 9.34. The molecular weight excluding hydrogens is 224 g/mol. The summed E-state index contributed by atoms with van der Waals surface area (Å²) in [6.45, 7) is -1.02. The van der Waals surface area contributed by atoms with E-state index in [1.165, 1.54) is 11.8 Å². The first-order valence-electron chi connectivity index (χ1n) is 4.53. The van der Waals surface area contributed by atoms with E-state index >= 15 is 0 Å². The molecule has 6 nitrogen and oxygen atoms in total. The van der Waals surface area contributed by atoms with E-state index in [0.717, 1.165) is 0 Å². The molecule has 0 aliphatic carbocycles. The molecule has 2 unspecified atom stereocenters. The fourth-order valence-electron chi connectivity index (χ4n) is 0.709. The monoisotopic (exact) mass is 242 g/mol. The van der Waals surface area contributed by atoms with Gasteiger partial charge in [-0.25, -0.2) is 0 Å². The Morgan fingerprint density at radius 3 is 2.00 bits per heavy atom. The van der Waals surface area contributed by atoms with Gasteiger partial charge in [0.1, 0.15) is 12.2 Å². The zero-order valence-electron chi connectivity index (χ0n) is 8.32. The maximum absolute atomic E-state index is 9.21. The Hall–Kier alpha value is 0.110. The third-order valence-electron chi connectivity index (χ3n) is 1.71. The summed E-state index contributed by atoms with van der Waals surface area (Å²) in [5.41, 5.74) is 0. The summed E-state index contributed by atoms with van der Waals surface area (Å²) in [5, 5.41) is 44.0. The van der Waals surface area contributed by atoms with Crippen LogP contribution >= 0.6 is 11.8 Å². The van der Waals surface area contributed by atoms with Crippen LogP contribution in [0.5, 0.6) is 0 Å². The first-order chi connectivity index (χ1) is 7.15. The lowest BCUT2D eigenvalue weighted by Gasteiger charge is -2.16. The summed E-state index contributed by atoms with van der Waals surface area (Å²) in [6.07, 6.45) is -2.77. The molecule has 0 aliphatic rings. The van der Waals surface area contributed by atoms with Crippen LogP contribution in [0.2, 0.25) is 0 Å². The molecule has 5 N–H and O–H groups in total. The third kappa shape index (κ3) is 7.07. The summed E-state index contributed by atoms with van der Waals surface area (Å²) in [7, 11) is 0. The Morgan fingerprint density at radius 2 is 1.53 bits per heavy atom. The highest BCUT2D eigenvalue weighted by molar-refractivity contribution is 7.99. The average molecular weight is 242 g/mol. The van der Waals surface area contributed by atoms with Crippen molar-refractivity contribution in [2.24, 2.45) is 0 Å². The highest BCUT2D eigenvalue weighted by Gasteiger charge is 2.15. The SMILES string of the molecule is OCC(CO)OCSCC(O)C(O)CO. The molecule has 92 valence electrons. The van der Waals surface area contributed by atoms with E-state index < -0.39 is 24.9 Å². The van der Waals surface area contributed by atoms with Crippen molar-refractivity contribution >= 4 is 11.8 Å². The largest absolute Gasteiger partial charge is 0.394 e. The lowest BCUT2D eigenvalue weighted by molar-refractivity contribution is -0.00466. The first kappa shape index (κ1) is 15.1. The molecule has 0 spiro atoms. The van der Waals surface area contributed by atoms with E-state index in [-0.39, 0.29) is 24.9 Å². The number of thioether (sulfide) groups is 1. The molecule has 0 aromatic heterocycles.